The zero-order valence-corrected chi connectivity index (χ0v) is 46.4. The van der Waals surface area contributed by atoms with E-state index in [1.165, 1.54) is 28.1 Å². The highest BCUT2D eigenvalue weighted by Crippen LogP contribution is 2.49. The number of carbonyl (C=O) groups is 9. The molecule has 11 atom stereocenters. The number of carbonyl (C=O) groups excluding carboxylic acids is 9. The van der Waals surface area contributed by atoms with Crippen molar-refractivity contribution in [3.05, 3.63) is 64.8 Å². The van der Waals surface area contributed by atoms with Gasteiger partial charge in [0.05, 0.1) is 33.0 Å². The Hall–Kier alpha value is -6.38. The summed E-state index contributed by atoms with van der Waals surface area (Å²) in [6.07, 6.45) is 1.26. The molecular weight excluding hydrogens is 1040 g/mol. The van der Waals surface area contributed by atoms with Gasteiger partial charge in [-0.05, 0) is 62.9 Å². The summed E-state index contributed by atoms with van der Waals surface area (Å²) >= 11 is 0.591. The van der Waals surface area contributed by atoms with Gasteiger partial charge in [0.2, 0.25) is 5.91 Å². The number of methoxy groups -OCH3 is 2. The van der Waals surface area contributed by atoms with E-state index in [2.05, 4.69) is 10.6 Å². The van der Waals surface area contributed by atoms with Crippen LogP contribution in [0.25, 0.3) is 0 Å². The van der Waals surface area contributed by atoms with Crippen LogP contribution in [0.3, 0.4) is 0 Å². The first kappa shape index (κ1) is 60.8. The minimum absolute atomic E-state index is 0.0242. The highest BCUT2D eigenvalue weighted by atomic mass is 32.2. The summed E-state index contributed by atoms with van der Waals surface area (Å²) in [5.41, 5.74) is 0.0177. The Kier molecular flexibility index (Phi) is 20.7. The lowest BCUT2D eigenvalue weighted by Gasteiger charge is -2.42. The molecule has 25 heteroatoms. The molecule has 5 aliphatic rings. The number of hydroxylamine groups is 2. The van der Waals surface area contributed by atoms with Gasteiger partial charge >= 0.3 is 24.1 Å². The lowest BCUT2D eigenvalue weighted by atomic mass is 9.82. The third-order valence-electron chi connectivity index (χ3n) is 14.5. The largest absolute Gasteiger partial charge is 0.496 e. The van der Waals surface area contributed by atoms with Gasteiger partial charge in [0.25, 0.3) is 17.1 Å². The SMILES string of the molecule is COc1cc2cc(c1C)C(C)C(=O)C[C@H](OC(=O)[C@H](C)N(C)C(=O)CCSC(=O)NC(CN(C)C(=O)OC1/C=C/COCOC1)C(=O)ON1C(=O)CCC1=O)[C@]1(C)O[C@H]1[C@H](C)C1CC(O)(NC(=O)O1)C(OC)/C=C/C=C(\C)C2. The predicted molar refractivity (Wildman–Crippen MR) is 276 cm³/mol. The number of nitrogens with zero attached hydrogens (tertiary/aromatic N) is 3. The number of thioether (sulfide) groups is 1. The van der Waals surface area contributed by atoms with E-state index in [1.54, 1.807) is 52.2 Å². The number of esters is 1. The van der Waals surface area contributed by atoms with Crippen molar-refractivity contribution in [1.29, 1.82) is 0 Å². The maximum Gasteiger partial charge on any atom is 0.410 e. The van der Waals surface area contributed by atoms with Crippen LogP contribution in [0, 0.1) is 12.8 Å². The number of hydrogen-bond acceptors (Lipinski definition) is 20. The number of aliphatic hydroxyl groups is 1. The number of alkyl carbamates (subject to hydrolysis) is 1. The van der Waals surface area contributed by atoms with Crippen LogP contribution in [0.15, 0.2) is 48.1 Å². The summed E-state index contributed by atoms with van der Waals surface area (Å²) in [6.45, 7) is 10.0. The molecular formula is C53H71N5O19S. The minimum atomic E-state index is -1.90. The number of epoxide rings is 1. The Balaban J connectivity index is 1.15. The first-order chi connectivity index (χ1) is 36.9. The van der Waals surface area contributed by atoms with Gasteiger partial charge in [-0.3, -0.25) is 29.3 Å². The molecule has 6 unspecified atom stereocenters. The summed E-state index contributed by atoms with van der Waals surface area (Å²) < 4.78 is 45.5. The number of benzene rings is 1. The molecule has 0 radical (unpaired) electrons. The number of ketones is 1. The van der Waals surface area contributed by atoms with Crippen LogP contribution in [0.2, 0.25) is 0 Å². The van der Waals surface area contributed by atoms with E-state index in [-0.39, 0.29) is 63.6 Å². The van der Waals surface area contributed by atoms with Gasteiger partial charge in [0.1, 0.15) is 60.4 Å². The standard InChI is InChI=1S/C53H71N5O19S/c1-29-13-11-15-41(70-10)53(68)25-40(74-49(65)55-53)32(4)46-52(6,76-46)42(24-38(59)30(2)36-22-34(21-29)23-39(69-9)31(36)3)75-47(63)33(5)57(8)43(60)18-20-78-50(66)54-37(48(64)77-58-44(61)16-17-45(58)62)26-56(7)51(67)73-35-14-12-19-71-28-72-27-35/h11-15,22-23,30,32-33,35,37,40-42,46,68H,16-21,24-28H2,1-10H3,(H,54,66)(H,55,65)/b14-12+,15-11+,29-13+/t30?,32-,33+,35?,37?,40?,41?,42+,46+,52+,53?/m1/s1. The Bertz CT molecular complexity index is 2540. The molecule has 78 heavy (non-hydrogen) atoms. The third-order valence-corrected chi connectivity index (χ3v) is 15.3. The van der Waals surface area contributed by atoms with Crippen LogP contribution < -0.4 is 15.4 Å². The van der Waals surface area contributed by atoms with E-state index in [9.17, 15) is 48.3 Å². The number of nitrogens with one attached hydrogen (secondary N) is 2. The quantitative estimate of drug-likeness (QED) is 0.0787. The van der Waals surface area contributed by atoms with Crippen molar-refractivity contribution in [3.63, 3.8) is 0 Å². The summed E-state index contributed by atoms with van der Waals surface area (Å²) in [6, 6.07) is 0.976. The van der Waals surface area contributed by atoms with E-state index < -0.39 is 119 Å². The lowest BCUT2D eigenvalue weighted by Crippen LogP contribution is -2.63. The number of ether oxygens (including phenoxy) is 8. The number of allylic oxidation sites excluding steroid dienone is 3. The third kappa shape index (κ3) is 15.0. The van der Waals surface area contributed by atoms with Gasteiger partial charge in [-0.2, -0.15) is 0 Å². The predicted octanol–water partition coefficient (Wildman–Crippen LogP) is 3.69. The van der Waals surface area contributed by atoms with Gasteiger partial charge < -0.3 is 63.0 Å². The smallest absolute Gasteiger partial charge is 0.410 e. The molecule has 1 aromatic carbocycles. The van der Waals surface area contributed by atoms with Gasteiger partial charge in [-0.25, -0.2) is 19.2 Å². The maximum atomic E-state index is 14.5. The molecule has 0 spiro atoms. The zero-order chi connectivity index (χ0) is 57.2. The van der Waals surface area contributed by atoms with Crippen molar-refractivity contribution in [2.45, 2.75) is 140 Å². The number of amides is 6. The van der Waals surface area contributed by atoms with Crippen molar-refractivity contribution in [2.75, 3.05) is 60.6 Å². The van der Waals surface area contributed by atoms with E-state index in [4.69, 9.17) is 42.7 Å². The molecule has 0 saturated carbocycles. The van der Waals surface area contributed by atoms with Crippen LogP contribution in [0.5, 0.6) is 5.75 Å². The molecule has 0 aromatic heterocycles. The second kappa shape index (κ2) is 26.5. The molecule has 4 aliphatic heterocycles. The number of hydrogen-bond donors (Lipinski definition) is 3. The first-order valence-corrected chi connectivity index (χ1v) is 26.5. The average Bonchev–Trinajstić information content (AvgIpc) is 4.14. The molecule has 24 nitrogen and oxygen atoms in total. The molecule has 428 valence electrons. The van der Waals surface area contributed by atoms with Crippen LogP contribution in [-0.2, 0) is 73.2 Å². The van der Waals surface area contributed by atoms with Gasteiger partial charge in [-0.15, -0.1) is 5.06 Å². The lowest BCUT2D eigenvalue weighted by molar-refractivity contribution is -0.199. The van der Waals surface area contributed by atoms with E-state index in [0.29, 0.717) is 34.6 Å². The summed E-state index contributed by atoms with van der Waals surface area (Å²) in [5.74, 6) is -5.47. The summed E-state index contributed by atoms with van der Waals surface area (Å²) in [5, 5.41) is 16.3. The molecule has 6 rings (SSSR count). The van der Waals surface area contributed by atoms with Gasteiger partial charge in [0, 0.05) is 70.9 Å². The van der Waals surface area contributed by atoms with Gasteiger partial charge in [0.15, 0.2) is 5.72 Å². The van der Waals surface area contributed by atoms with E-state index in [1.807, 2.05) is 32.1 Å². The van der Waals surface area contributed by atoms with Crippen LogP contribution >= 0.6 is 11.8 Å². The fourth-order valence-corrected chi connectivity index (χ4v) is 10.2. The summed E-state index contributed by atoms with van der Waals surface area (Å²) in [7, 11) is 5.60. The fourth-order valence-electron chi connectivity index (χ4n) is 9.55. The van der Waals surface area contributed by atoms with Crippen molar-refractivity contribution in [1.82, 2.24) is 25.5 Å². The molecule has 3 saturated heterocycles. The highest BCUT2D eigenvalue weighted by molar-refractivity contribution is 8.13. The molecule has 6 amide bonds. The molecule has 1 aromatic rings. The number of rotatable bonds is 14. The van der Waals surface area contributed by atoms with Crippen molar-refractivity contribution in [3.8, 4) is 5.75 Å². The monoisotopic (exact) mass is 1110 g/mol. The normalized spacial score (nSPS) is 29.8. The van der Waals surface area contributed by atoms with E-state index >= 15 is 0 Å². The Labute approximate surface area is 456 Å². The van der Waals surface area contributed by atoms with Crippen molar-refractivity contribution < 1.29 is 91.0 Å². The minimum Gasteiger partial charge on any atom is -0.496 e. The Morgan fingerprint density at radius 1 is 1.00 bits per heavy atom. The maximum absolute atomic E-state index is 14.5. The molecule has 4 bridgehead atoms. The topological polar surface area (TPSA) is 294 Å². The fraction of sp³-hybridized carbons (Fsp3) is 0.604. The second-order valence-electron chi connectivity index (χ2n) is 20.2. The Morgan fingerprint density at radius 3 is 2.41 bits per heavy atom. The Morgan fingerprint density at radius 2 is 1.72 bits per heavy atom. The highest BCUT2D eigenvalue weighted by Gasteiger charge is 2.64. The van der Waals surface area contributed by atoms with Gasteiger partial charge in [-0.1, -0.05) is 61.6 Å². The first-order valence-electron chi connectivity index (χ1n) is 25.6. The number of Topliss-reactive ketones (excluding diaryl/α,β-unsaturated/α-hetero) is 1. The number of likely N-dealkylation sites (N-methyl/N-ethyl adjacent to an activating group) is 2. The number of imide groups is 1. The average molecular weight is 1110 g/mol. The van der Waals surface area contributed by atoms with Crippen LogP contribution in [-0.4, -0.2) is 187 Å². The number of fused-ring (bicyclic) bond motifs is 5. The molecule has 1 aliphatic carbocycles. The van der Waals surface area contributed by atoms with Crippen LogP contribution in [0.1, 0.15) is 89.3 Å². The van der Waals surface area contributed by atoms with E-state index in [0.717, 1.165) is 26.5 Å². The van der Waals surface area contributed by atoms with Crippen molar-refractivity contribution in [2.24, 2.45) is 5.92 Å². The molecule has 4 heterocycles. The molecule has 3 N–H and O–H groups in total. The van der Waals surface area contributed by atoms with Crippen LogP contribution in [0.4, 0.5) is 14.4 Å². The summed E-state index contributed by atoms with van der Waals surface area (Å²) in [4.78, 5) is 127. The van der Waals surface area contributed by atoms with Crippen molar-refractivity contribution >= 4 is 64.6 Å². The zero-order valence-electron chi connectivity index (χ0n) is 45.6. The molecule has 3 fully saturated rings. The second-order valence-corrected chi connectivity index (χ2v) is 21.3.